The molecule has 0 aromatic carbocycles. The molecule has 6 nitrogen and oxygen atoms in total. The highest BCUT2D eigenvalue weighted by atomic mass is 28.4. The van der Waals surface area contributed by atoms with Gasteiger partial charge in [0.2, 0.25) is 6.54 Å². The van der Waals surface area contributed by atoms with Crippen LogP contribution in [0.25, 0.3) is 0 Å². The predicted octanol–water partition coefficient (Wildman–Crippen LogP) is 3.24. The second-order valence-electron chi connectivity index (χ2n) is 7.14. The molecule has 1 rings (SSSR count). The maximum Gasteiger partial charge on any atom is 0.311 e. The standard InChI is InChI=1S/C15H29NO5Si/c1-10(2)22(11(3)4,12(5)6)21-9-14-13(7-16(18)19)8-20-15(14)17/h10-14H,7-9H2,1-6H3. The Bertz CT molecular complexity index is 389. The van der Waals surface area contributed by atoms with E-state index in [1.54, 1.807) is 0 Å². The topological polar surface area (TPSA) is 78.7 Å². The van der Waals surface area contributed by atoms with Gasteiger partial charge in [0.15, 0.2) is 8.32 Å². The fraction of sp³-hybridized carbons (Fsp3) is 0.933. The zero-order chi connectivity index (χ0) is 17.1. The Morgan fingerprint density at radius 2 is 1.73 bits per heavy atom. The summed E-state index contributed by atoms with van der Waals surface area (Å²) in [6.45, 7) is 13.2. The van der Waals surface area contributed by atoms with Gasteiger partial charge >= 0.3 is 5.97 Å². The molecule has 2 atom stereocenters. The second kappa shape index (κ2) is 7.54. The lowest BCUT2D eigenvalue weighted by atomic mass is 9.97. The quantitative estimate of drug-likeness (QED) is 0.295. The third kappa shape index (κ3) is 3.87. The first-order valence-electron chi connectivity index (χ1n) is 8.05. The summed E-state index contributed by atoms with van der Waals surface area (Å²) in [5.41, 5.74) is 1.25. The Kier molecular flexibility index (Phi) is 6.55. The van der Waals surface area contributed by atoms with E-state index in [0.29, 0.717) is 16.6 Å². The molecule has 0 radical (unpaired) electrons. The molecule has 22 heavy (non-hydrogen) atoms. The number of carbonyl (C=O) groups excluding carboxylic acids is 1. The zero-order valence-electron chi connectivity index (χ0n) is 14.5. The van der Waals surface area contributed by atoms with Gasteiger partial charge in [-0.2, -0.15) is 0 Å². The van der Waals surface area contributed by atoms with E-state index in [2.05, 4.69) is 41.5 Å². The molecule has 2 unspecified atom stereocenters. The van der Waals surface area contributed by atoms with Crippen LogP contribution in [0.15, 0.2) is 0 Å². The molecule has 0 amide bonds. The van der Waals surface area contributed by atoms with E-state index >= 15 is 0 Å². The van der Waals surface area contributed by atoms with Crippen LogP contribution in [0.2, 0.25) is 16.6 Å². The summed E-state index contributed by atoms with van der Waals surface area (Å²) in [5.74, 6) is -1.24. The number of cyclic esters (lactones) is 1. The molecular weight excluding hydrogens is 302 g/mol. The Morgan fingerprint density at radius 1 is 1.23 bits per heavy atom. The van der Waals surface area contributed by atoms with Crippen molar-refractivity contribution in [3.05, 3.63) is 10.1 Å². The largest absolute Gasteiger partial charge is 0.465 e. The molecule has 0 spiro atoms. The Morgan fingerprint density at radius 3 is 2.14 bits per heavy atom. The SMILES string of the molecule is CC(C)[Si](OCC1C(=O)OCC1C[N+](=O)[O-])(C(C)C)C(C)C. The first-order valence-corrected chi connectivity index (χ1v) is 10.2. The molecule has 1 saturated heterocycles. The number of esters is 1. The van der Waals surface area contributed by atoms with Crippen LogP contribution >= 0.6 is 0 Å². The lowest BCUT2D eigenvalue weighted by Gasteiger charge is -2.42. The zero-order valence-corrected chi connectivity index (χ0v) is 15.5. The van der Waals surface area contributed by atoms with Gasteiger partial charge in [-0.05, 0) is 16.6 Å². The number of carbonyl (C=O) groups is 1. The van der Waals surface area contributed by atoms with Gasteiger partial charge in [-0.1, -0.05) is 41.5 Å². The van der Waals surface area contributed by atoms with Gasteiger partial charge in [-0.25, -0.2) is 0 Å². The van der Waals surface area contributed by atoms with Gasteiger partial charge in [-0.3, -0.25) is 14.9 Å². The molecular formula is C15H29NO5Si. The highest BCUT2D eigenvalue weighted by molar-refractivity contribution is 6.77. The van der Waals surface area contributed by atoms with Crippen LogP contribution in [-0.2, 0) is 14.0 Å². The normalized spacial score (nSPS) is 22.7. The molecule has 0 bridgehead atoms. The summed E-state index contributed by atoms with van der Waals surface area (Å²) < 4.78 is 11.4. The van der Waals surface area contributed by atoms with Crippen molar-refractivity contribution in [1.29, 1.82) is 0 Å². The molecule has 7 heteroatoms. The van der Waals surface area contributed by atoms with Gasteiger partial charge in [0, 0.05) is 11.5 Å². The monoisotopic (exact) mass is 331 g/mol. The van der Waals surface area contributed by atoms with Crippen molar-refractivity contribution < 1.29 is 18.9 Å². The molecule has 0 aromatic rings. The van der Waals surface area contributed by atoms with Gasteiger partial charge < -0.3 is 9.16 Å². The summed E-state index contributed by atoms with van der Waals surface area (Å²) in [5, 5.41) is 10.7. The van der Waals surface area contributed by atoms with Crippen molar-refractivity contribution in [2.24, 2.45) is 11.8 Å². The molecule has 1 fully saturated rings. The van der Waals surface area contributed by atoms with Crippen LogP contribution < -0.4 is 0 Å². The molecule has 1 heterocycles. The maximum absolute atomic E-state index is 11.9. The predicted molar refractivity (Wildman–Crippen MR) is 86.8 cm³/mol. The molecule has 0 aromatic heterocycles. The van der Waals surface area contributed by atoms with Gasteiger partial charge in [0.05, 0.1) is 11.8 Å². The fourth-order valence-electron chi connectivity index (χ4n) is 3.91. The second-order valence-corrected chi connectivity index (χ2v) is 12.6. The van der Waals surface area contributed by atoms with E-state index in [9.17, 15) is 14.9 Å². The van der Waals surface area contributed by atoms with Crippen molar-refractivity contribution in [2.75, 3.05) is 19.8 Å². The summed E-state index contributed by atoms with van der Waals surface area (Å²) >= 11 is 0. The summed E-state index contributed by atoms with van der Waals surface area (Å²) in [7, 11) is -2.07. The van der Waals surface area contributed by atoms with Gasteiger partial charge in [0.25, 0.3) is 0 Å². The van der Waals surface area contributed by atoms with Crippen molar-refractivity contribution in [3.8, 4) is 0 Å². The van der Waals surface area contributed by atoms with Gasteiger partial charge in [0.1, 0.15) is 6.61 Å². The van der Waals surface area contributed by atoms with E-state index in [4.69, 9.17) is 9.16 Å². The van der Waals surface area contributed by atoms with Crippen LogP contribution in [0.3, 0.4) is 0 Å². The van der Waals surface area contributed by atoms with Crippen LogP contribution in [-0.4, -0.2) is 39.0 Å². The highest BCUT2D eigenvalue weighted by Crippen LogP contribution is 2.43. The Balaban J connectivity index is 2.87. The van der Waals surface area contributed by atoms with Crippen LogP contribution in [0.1, 0.15) is 41.5 Å². The minimum atomic E-state index is -2.07. The van der Waals surface area contributed by atoms with Crippen molar-refractivity contribution in [2.45, 2.75) is 58.2 Å². The summed E-state index contributed by atoms with van der Waals surface area (Å²) in [6.07, 6.45) is 0. The van der Waals surface area contributed by atoms with Crippen LogP contribution in [0.5, 0.6) is 0 Å². The Hall–Kier alpha value is -0.953. The first-order chi connectivity index (χ1) is 10.1. The van der Waals surface area contributed by atoms with Crippen LogP contribution in [0.4, 0.5) is 0 Å². The third-order valence-electron chi connectivity index (χ3n) is 4.92. The number of nitro groups is 1. The third-order valence-corrected chi connectivity index (χ3v) is 11.0. The smallest absolute Gasteiger partial charge is 0.311 e. The Labute approximate surface area is 133 Å². The van der Waals surface area contributed by atoms with E-state index in [1.807, 2.05) is 0 Å². The van der Waals surface area contributed by atoms with E-state index in [0.717, 1.165) is 0 Å². The minimum Gasteiger partial charge on any atom is -0.465 e. The molecule has 1 aliphatic heterocycles. The van der Waals surface area contributed by atoms with Crippen molar-refractivity contribution >= 4 is 14.3 Å². The average molecular weight is 331 g/mol. The summed E-state index contributed by atoms with van der Waals surface area (Å²) in [4.78, 5) is 22.2. The number of ether oxygens (including phenoxy) is 1. The van der Waals surface area contributed by atoms with Crippen molar-refractivity contribution in [3.63, 3.8) is 0 Å². The number of hydrogen-bond acceptors (Lipinski definition) is 5. The van der Waals surface area contributed by atoms with Gasteiger partial charge in [-0.15, -0.1) is 0 Å². The first kappa shape index (κ1) is 19.1. The molecule has 128 valence electrons. The molecule has 0 aliphatic carbocycles. The lowest BCUT2D eigenvalue weighted by molar-refractivity contribution is -0.489. The van der Waals surface area contributed by atoms with E-state index in [-0.39, 0.29) is 36.6 Å². The van der Waals surface area contributed by atoms with Crippen molar-refractivity contribution in [1.82, 2.24) is 0 Å². The lowest BCUT2D eigenvalue weighted by Crippen LogP contribution is -2.49. The molecule has 1 aliphatic rings. The summed E-state index contributed by atoms with van der Waals surface area (Å²) in [6, 6.07) is 0. The van der Waals surface area contributed by atoms with E-state index in [1.165, 1.54) is 0 Å². The van der Waals surface area contributed by atoms with Crippen LogP contribution in [0, 0.1) is 22.0 Å². The highest BCUT2D eigenvalue weighted by Gasteiger charge is 2.48. The average Bonchev–Trinajstić information content (AvgIpc) is 2.69. The maximum atomic E-state index is 11.9. The molecule has 0 saturated carbocycles. The number of nitrogens with zero attached hydrogens (tertiary/aromatic N) is 1. The number of hydrogen-bond donors (Lipinski definition) is 0. The van der Waals surface area contributed by atoms with E-state index < -0.39 is 14.2 Å². The number of rotatable bonds is 8. The fourth-order valence-corrected chi connectivity index (χ4v) is 9.38. The molecule has 0 N–H and O–H groups in total. The minimum absolute atomic E-state index is 0.132.